The molecule has 0 fully saturated rings. The minimum absolute atomic E-state index is 0.176. The van der Waals surface area contributed by atoms with Crippen molar-refractivity contribution in [3.8, 4) is 5.75 Å². The number of fused-ring (bicyclic) bond motifs is 1. The van der Waals surface area contributed by atoms with Gasteiger partial charge in [-0.2, -0.15) is 5.10 Å². The normalized spacial score (nSPS) is 11.2. The summed E-state index contributed by atoms with van der Waals surface area (Å²) in [5, 5.41) is 5.04. The average Bonchev–Trinajstić information content (AvgIpc) is 3.39. The molecule has 1 aromatic carbocycles. The highest BCUT2D eigenvalue weighted by molar-refractivity contribution is 7.22. The average molecular weight is 407 g/mol. The first kappa shape index (κ1) is 19.1. The predicted octanol–water partition coefficient (Wildman–Crippen LogP) is 4.32. The molecule has 0 saturated carbocycles. The van der Waals surface area contributed by atoms with Crippen LogP contribution < -0.4 is 9.64 Å². The number of benzene rings is 1. The number of thiazole rings is 1. The van der Waals surface area contributed by atoms with Crippen LogP contribution in [0.4, 0.5) is 5.13 Å². The third-order valence-electron chi connectivity index (χ3n) is 4.49. The van der Waals surface area contributed by atoms with Gasteiger partial charge in [-0.15, -0.1) is 0 Å². The molecule has 0 saturated heterocycles. The highest BCUT2D eigenvalue weighted by Crippen LogP contribution is 2.35. The van der Waals surface area contributed by atoms with Gasteiger partial charge in [-0.3, -0.25) is 19.4 Å². The van der Waals surface area contributed by atoms with E-state index in [9.17, 15) is 4.79 Å². The molecule has 4 rings (SSSR count). The number of hydrogen-bond acceptors (Lipinski definition) is 6. The molecule has 0 aliphatic carbocycles. The van der Waals surface area contributed by atoms with E-state index in [1.807, 2.05) is 50.4 Å². The third kappa shape index (κ3) is 3.84. The molecule has 0 aliphatic rings. The van der Waals surface area contributed by atoms with Crippen LogP contribution in [0.15, 0.2) is 55.0 Å². The smallest absolute Gasteiger partial charge is 0.280 e. The van der Waals surface area contributed by atoms with Crippen molar-refractivity contribution >= 4 is 32.6 Å². The Balaban J connectivity index is 1.76. The van der Waals surface area contributed by atoms with Gasteiger partial charge in [0.2, 0.25) is 0 Å². The number of methoxy groups -OCH3 is 1. The van der Waals surface area contributed by atoms with Crippen LogP contribution in [0.25, 0.3) is 10.2 Å². The molecule has 0 N–H and O–H groups in total. The van der Waals surface area contributed by atoms with Gasteiger partial charge in [-0.05, 0) is 43.7 Å². The number of pyridine rings is 1. The van der Waals surface area contributed by atoms with Gasteiger partial charge < -0.3 is 4.74 Å². The van der Waals surface area contributed by atoms with Crippen molar-refractivity contribution in [1.82, 2.24) is 19.7 Å². The number of carbonyl (C=O) groups excluding carboxylic acids is 1. The fourth-order valence-electron chi connectivity index (χ4n) is 2.97. The lowest BCUT2D eigenvalue weighted by atomic mass is 10.2. The first-order chi connectivity index (χ1) is 14.1. The minimum atomic E-state index is -0.203. The predicted molar refractivity (Wildman–Crippen MR) is 114 cm³/mol. The van der Waals surface area contributed by atoms with Crippen LogP contribution in [0.3, 0.4) is 0 Å². The molecule has 4 aromatic rings. The van der Waals surface area contributed by atoms with Crippen molar-refractivity contribution in [2.45, 2.75) is 26.4 Å². The Bertz CT molecular complexity index is 1140. The second-order valence-electron chi connectivity index (χ2n) is 6.83. The van der Waals surface area contributed by atoms with E-state index in [4.69, 9.17) is 9.72 Å². The first-order valence-electron chi connectivity index (χ1n) is 9.26. The summed E-state index contributed by atoms with van der Waals surface area (Å²) in [4.78, 5) is 23.9. The molecule has 29 heavy (non-hydrogen) atoms. The standard InChI is InChI=1S/C21H21N5O2S/c1-14(2)26-11-9-16(24-26)20(27)25(13-15-6-5-10-22-12-15)21-23-19-17(28-3)7-4-8-18(19)29-21/h4-12,14H,13H2,1-3H3. The van der Waals surface area contributed by atoms with Crippen LogP contribution in [0, 0.1) is 0 Å². The third-order valence-corrected chi connectivity index (χ3v) is 5.53. The lowest BCUT2D eigenvalue weighted by molar-refractivity contribution is 0.0979. The topological polar surface area (TPSA) is 73.1 Å². The monoisotopic (exact) mass is 407 g/mol. The summed E-state index contributed by atoms with van der Waals surface area (Å²) < 4.78 is 8.16. The zero-order valence-electron chi connectivity index (χ0n) is 16.4. The van der Waals surface area contributed by atoms with Gasteiger partial charge in [0.25, 0.3) is 5.91 Å². The summed E-state index contributed by atoms with van der Waals surface area (Å²) >= 11 is 1.45. The number of rotatable bonds is 6. The van der Waals surface area contributed by atoms with Crippen LogP contribution in [-0.4, -0.2) is 32.8 Å². The Morgan fingerprint density at radius 1 is 1.24 bits per heavy atom. The van der Waals surface area contributed by atoms with E-state index >= 15 is 0 Å². The molecule has 0 bridgehead atoms. The molecule has 8 heteroatoms. The quantitative estimate of drug-likeness (QED) is 0.476. The molecule has 1 amide bonds. The number of hydrogen-bond donors (Lipinski definition) is 0. The van der Waals surface area contributed by atoms with Gasteiger partial charge in [-0.1, -0.05) is 23.5 Å². The van der Waals surface area contributed by atoms with Gasteiger partial charge in [0.05, 0.1) is 18.4 Å². The number of para-hydroxylation sites is 1. The van der Waals surface area contributed by atoms with E-state index in [-0.39, 0.29) is 11.9 Å². The summed E-state index contributed by atoms with van der Waals surface area (Å²) in [5.74, 6) is 0.481. The molecule has 0 radical (unpaired) electrons. The zero-order chi connectivity index (χ0) is 20.4. The molecule has 0 unspecified atom stereocenters. The molecule has 0 spiro atoms. The van der Waals surface area contributed by atoms with E-state index in [0.29, 0.717) is 23.1 Å². The van der Waals surface area contributed by atoms with Crippen molar-refractivity contribution in [3.63, 3.8) is 0 Å². The van der Waals surface area contributed by atoms with Crippen LogP contribution in [0.5, 0.6) is 5.75 Å². The van der Waals surface area contributed by atoms with E-state index in [2.05, 4.69) is 10.1 Å². The minimum Gasteiger partial charge on any atom is -0.494 e. The largest absolute Gasteiger partial charge is 0.494 e. The Morgan fingerprint density at radius 2 is 2.10 bits per heavy atom. The Morgan fingerprint density at radius 3 is 2.79 bits per heavy atom. The highest BCUT2D eigenvalue weighted by atomic mass is 32.1. The second-order valence-corrected chi connectivity index (χ2v) is 7.84. The molecule has 0 atom stereocenters. The van der Waals surface area contributed by atoms with Crippen molar-refractivity contribution < 1.29 is 9.53 Å². The van der Waals surface area contributed by atoms with Crippen LogP contribution >= 0.6 is 11.3 Å². The lowest BCUT2D eigenvalue weighted by Gasteiger charge is -2.18. The van der Waals surface area contributed by atoms with Gasteiger partial charge in [0, 0.05) is 24.6 Å². The molecule has 3 aromatic heterocycles. The van der Waals surface area contributed by atoms with Gasteiger partial charge in [0.1, 0.15) is 11.3 Å². The van der Waals surface area contributed by atoms with Crippen LogP contribution in [0.1, 0.15) is 35.9 Å². The number of amides is 1. The Labute approximate surface area is 172 Å². The molecule has 0 aliphatic heterocycles. The lowest BCUT2D eigenvalue weighted by Crippen LogP contribution is -2.31. The molecule has 148 valence electrons. The van der Waals surface area contributed by atoms with E-state index in [1.54, 1.807) is 35.2 Å². The van der Waals surface area contributed by atoms with E-state index in [0.717, 1.165) is 15.8 Å². The maximum atomic E-state index is 13.4. The molecule has 7 nitrogen and oxygen atoms in total. The molecule has 3 heterocycles. The van der Waals surface area contributed by atoms with Gasteiger partial charge >= 0.3 is 0 Å². The summed E-state index contributed by atoms with van der Waals surface area (Å²) in [6, 6.07) is 11.5. The van der Waals surface area contributed by atoms with Gasteiger partial charge in [0.15, 0.2) is 10.8 Å². The maximum Gasteiger partial charge on any atom is 0.280 e. The Kier molecular flexibility index (Phi) is 5.26. The van der Waals surface area contributed by atoms with Gasteiger partial charge in [-0.25, -0.2) is 4.98 Å². The van der Waals surface area contributed by atoms with Crippen molar-refractivity contribution in [1.29, 1.82) is 0 Å². The van der Waals surface area contributed by atoms with Crippen molar-refractivity contribution in [2.24, 2.45) is 0 Å². The Hall–Kier alpha value is -3.26. The molecular formula is C21H21N5O2S. The van der Waals surface area contributed by atoms with Crippen molar-refractivity contribution in [2.75, 3.05) is 12.0 Å². The number of aromatic nitrogens is 4. The molecular weight excluding hydrogens is 386 g/mol. The zero-order valence-corrected chi connectivity index (χ0v) is 17.3. The summed E-state index contributed by atoms with van der Waals surface area (Å²) in [6.07, 6.45) is 5.28. The van der Waals surface area contributed by atoms with E-state index < -0.39 is 0 Å². The SMILES string of the molecule is COc1cccc2sc(N(Cc3cccnc3)C(=O)c3ccn(C(C)C)n3)nc12. The number of anilines is 1. The fraction of sp³-hybridized carbons (Fsp3) is 0.238. The maximum absolute atomic E-state index is 13.4. The summed E-state index contributed by atoms with van der Waals surface area (Å²) in [7, 11) is 1.62. The van der Waals surface area contributed by atoms with Crippen LogP contribution in [0.2, 0.25) is 0 Å². The number of nitrogens with zero attached hydrogens (tertiary/aromatic N) is 5. The van der Waals surface area contributed by atoms with Crippen LogP contribution in [-0.2, 0) is 6.54 Å². The number of carbonyl (C=O) groups is 1. The van der Waals surface area contributed by atoms with E-state index in [1.165, 1.54) is 11.3 Å². The summed E-state index contributed by atoms with van der Waals surface area (Å²) in [6.45, 7) is 4.40. The highest BCUT2D eigenvalue weighted by Gasteiger charge is 2.24. The first-order valence-corrected chi connectivity index (χ1v) is 10.1. The number of ether oxygens (including phenoxy) is 1. The van der Waals surface area contributed by atoms with Crippen molar-refractivity contribution in [3.05, 3.63) is 66.2 Å². The summed E-state index contributed by atoms with van der Waals surface area (Å²) in [5.41, 5.74) is 2.04. The fourth-order valence-corrected chi connectivity index (χ4v) is 3.95. The second kappa shape index (κ2) is 8.00.